The van der Waals surface area contributed by atoms with Crippen LogP contribution in [-0.2, 0) is 11.2 Å². The molecule has 2 rings (SSSR count). The number of amides is 1. The molecule has 0 aromatic heterocycles. The molecule has 124 valence electrons. The zero-order chi connectivity index (χ0) is 17.0. The smallest absolute Gasteiger partial charge is 0.214 e. The van der Waals surface area contributed by atoms with E-state index in [1.165, 1.54) is 12.8 Å². The molecule has 0 heterocycles. The molecule has 0 spiro atoms. The highest BCUT2D eigenvalue weighted by Gasteiger charge is 2.39. The van der Waals surface area contributed by atoms with Gasteiger partial charge in [-0.3, -0.25) is 4.79 Å². The van der Waals surface area contributed by atoms with Gasteiger partial charge in [-0.15, -0.1) is 0 Å². The predicted molar refractivity (Wildman–Crippen MR) is 94.1 cm³/mol. The van der Waals surface area contributed by atoms with Gasteiger partial charge in [0.15, 0.2) is 0 Å². The van der Waals surface area contributed by atoms with Gasteiger partial charge in [-0.25, -0.2) is 0 Å². The number of rotatable bonds is 5. The quantitative estimate of drug-likeness (QED) is 0.748. The van der Waals surface area contributed by atoms with Gasteiger partial charge in [0.2, 0.25) is 6.41 Å². The molecule has 23 heavy (non-hydrogen) atoms. The average molecular weight is 312 g/mol. The molecular formula is C20H28N2O. The molecule has 0 radical (unpaired) electrons. The van der Waals surface area contributed by atoms with E-state index in [2.05, 4.69) is 33.8 Å². The molecule has 1 aromatic rings. The van der Waals surface area contributed by atoms with Crippen molar-refractivity contribution in [1.29, 1.82) is 5.26 Å². The van der Waals surface area contributed by atoms with Gasteiger partial charge in [0, 0.05) is 11.7 Å². The molecule has 2 atom stereocenters. The third kappa shape index (κ3) is 4.13. The zero-order valence-corrected chi connectivity index (χ0v) is 14.7. The van der Waals surface area contributed by atoms with Gasteiger partial charge in [-0.1, -0.05) is 39.8 Å². The topological polar surface area (TPSA) is 44.1 Å². The number of hydrogen-bond donors (Lipinski definition) is 0. The Morgan fingerprint density at radius 1 is 1.35 bits per heavy atom. The molecule has 1 aromatic carbocycles. The fraction of sp³-hybridized carbons (Fsp3) is 0.600. The highest BCUT2D eigenvalue weighted by Crippen LogP contribution is 2.43. The lowest BCUT2D eigenvalue weighted by Crippen LogP contribution is -2.47. The maximum absolute atomic E-state index is 11.9. The monoisotopic (exact) mass is 312 g/mol. The van der Waals surface area contributed by atoms with E-state index in [9.17, 15) is 4.79 Å². The van der Waals surface area contributed by atoms with Crippen molar-refractivity contribution in [3.05, 3.63) is 29.8 Å². The minimum atomic E-state index is 0.248. The molecule has 3 heteroatoms. The Kier molecular flexibility index (Phi) is 5.46. The maximum atomic E-state index is 11.9. The average Bonchev–Trinajstić information content (AvgIpc) is 2.49. The minimum absolute atomic E-state index is 0.248. The largest absolute Gasteiger partial charge is 0.312 e. The van der Waals surface area contributed by atoms with E-state index in [1.54, 1.807) is 0 Å². The van der Waals surface area contributed by atoms with Crippen molar-refractivity contribution in [2.24, 2.45) is 17.3 Å². The standard InChI is InChI=1S/C20H28N2O/c1-15(2)18-9-11-20(3,4)13-19(18)22(14-23)17-7-5-16(6-8-17)10-12-21/h5-8,14-15,18-19H,9-11,13H2,1-4H3. The summed E-state index contributed by atoms with van der Waals surface area (Å²) in [5.41, 5.74) is 2.21. The first kappa shape index (κ1) is 17.5. The fourth-order valence-electron chi connectivity index (χ4n) is 3.86. The Morgan fingerprint density at radius 2 is 2.00 bits per heavy atom. The molecule has 1 amide bonds. The second kappa shape index (κ2) is 7.17. The van der Waals surface area contributed by atoms with Gasteiger partial charge in [-0.2, -0.15) is 5.26 Å². The molecule has 1 aliphatic carbocycles. The molecule has 2 unspecified atom stereocenters. The van der Waals surface area contributed by atoms with Crippen LogP contribution in [0.3, 0.4) is 0 Å². The summed E-state index contributed by atoms with van der Waals surface area (Å²) in [5, 5.41) is 8.79. The number of hydrogen-bond acceptors (Lipinski definition) is 2. The minimum Gasteiger partial charge on any atom is -0.312 e. The van der Waals surface area contributed by atoms with Crippen LogP contribution in [0.1, 0.15) is 52.5 Å². The van der Waals surface area contributed by atoms with Gasteiger partial charge in [-0.05, 0) is 54.2 Å². The lowest BCUT2D eigenvalue weighted by molar-refractivity contribution is -0.108. The predicted octanol–water partition coefficient (Wildman–Crippen LogP) is 4.57. The Morgan fingerprint density at radius 3 is 2.52 bits per heavy atom. The number of carbonyl (C=O) groups excluding carboxylic acids is 1. The molecular weight excluding hydrogens is 284 g/mol. The van der Waals surface area contributed by atoms with Gasteiger partial charge in [0.1, 0.15) is 0 Å². The summed E-state index contributed by atoms with van der Waals surface area (Å²) in [6.07, 6.45) is 4.83. The van der Waals surface area contributed by atoms with Gasteiger partial charge < -0.3 is 4.90 Å². The van der Waals surface area contributed by atoms with E-state index < -0.39 is 0 Å². The highest BCUT2D eigenvalue weighted by atomic mass is 16.1. The third-order valence-corrected chi connectivity index (χ3v) is 5.26. The van der Waals surface area contributed by atoms with Crippen molar-refractivity contribution < 1.29 is 4.79 Å². The summed E-state index contributed by atoms with van der Waals surface area (Å²) >= 11 is 0. The Bertz CT molecular complexity index is 568. The highest BCUT2D eigenvalue weighted by molar-refractivity contribution is 5.76. The van der Waals surface area contributed by atoms with Crippen molar-refractivity contribution in [2.45, 2.75) is 59.4 Å². The first-order valence-electron chi connectivity index (χ1n) is 8.57. The number of carbonyl (C=O) groups is 1. The van der Waals surface area contributed by atoms with Crippen molar-refractivity contribution in [2.75, 3.05) is 4.90 Å². The summed E-state index contributed by atoms with van der Waals surface area (Å²) in [6, 6.07) is 10.3. The van der Waals surface area contributed by atoms with Crippen LogP contribution in [0.15, 0.2) is 24.3 Å². The van der Waals surface area contributed by atoms with Crippen molar-refractivity contribution in [3.8, 4) is 6.07 Å². The van der Waals surface area contributed by atoms with Crippen LogP contribution >= 0.6 is 0 Å². The fourth-order valence-corrected chi connectivity index (χ4v) is 3.86. The number of benzene rings is 1. The van der Waals surface area contributed by atoms with Gasteiger partial charge in [0.05, 0.1) is 12.5 Å². The number of nitriles is 1. The van der Waals surface area contributed by atoms with E-state index in [-0.39, 0.29) is 11.5 Å². The third-order valence-electron chi connectivity index (χ3n) is 5.26. The molecule has 0 bridgehead atoms. The van der Waals surface area contributed by atoms with Crippen LogP contribution in [-0.4, -0.2) is 12.5 Å². The molecule has 3 nitrogen and oxygen atoms in total. The Balaban J connectivity index is 2.29. The summed E-state index contributed by atoms with van der Waals surface area (Å²) in [4.78, 5) is 13.8. The van der Waals surface area contributed by atoms with E-state index >= 15 is 0 Å². The molecule has 1 aliphatic rings. The van der Waals surface area contributed by atoms with Crippen LogP contribution in [0.5, 0.6) is 0 Å². The molecule has 0 aliphatic heterocycles. The first-order chi connectivity index (χ1) is 10.9. The van der Waals surface area contributed by atoms with E-state index in [0.717, 1.165) is 24.1 Å². The van der Waals surface area contributed by atoms with Crippen molar-refractivity contribution in [1.82, 2.24) is 0 Å². The van der Waals surface area contributed by atoms with Crippen LogP contribution in [0, 0.1) is 28.6 Å². The van der Waals surface area contributed by atoms with E-state index in [0.29, 0.717) is 18.3 Å². The molecule has 0 N–H and O–H groups in total. The summed E-state index contributed by atoms with van der Waals surface area (Å²) in [7, 11) is 0. The lowest BCUT2D eigenvalue weighted by atomic mass is 9.67. The summed E-state index contributed by atoms with van der Waals surface area (Å²) in [6.45, 7) is 9.12. The SMILES string of the molecule is CC(C)C1CCC(C)(C)CC1N(C=O)c1ccc(CC#N)cc1. The van der Waals surface area contributed by atoms with Crippen molar-refractivity contribution in [3.63, 3.8) is 0 Å². The van der Waals surface area contributed by atoms with Crippen molar-refractivity contribution >= 4 is 12.1 Å². The van der Waals surface area contributed by atoms with E-state index in [1.807, 2.05) is 29.2 Å². The molecule has 0 saturated heterocycles. The van der Waals surface area contributed by atoms with Crippen LogP contribution in [0.25, 0.3) is 0 Å². The summed E-state index contributed by atoms with van der Waals surface area (Å²) in [5.74, 6) is 1.10. The summed E-state index contributed by atoms with van der Waals surface area (Å²) < 4.78 is 0. The van der Waals surface area contributed by atoms with Gasteiger partial charge in [0.25, 0.3) is 0 Å². The Hall–Kier alpha value is -1.82. The second-order valence-electron chi connectivity index (χ2n) is 7.90. The second-order valence-corrected chi connectivity index (χ2v) is 7.90. The normalized spacial score (nSPS) is 23.3. The first-order valence-corrected chi connectivity index (χ1v) is 8.57. The molecule has 1 saturated carbocycles. The van der Waals surface area contributed by atoms with Crippen LogP contribution < -0.4 is 4.90 Å². The van der Waals surface area contributed by atoms with E-state index in [4.69, 9.17) is 5.26 Å². The maximum Gasteiger partial charge on any atom is 0.214 e. The number of nitrogens with zero attached hydrogens (tertiary/aromatic N) is 2. The Labute approximate surface area is 140 Å². The zero-order valence-electron chi connectivity index (χ0n) is 14.7. The van der Waals surface area contributed by atoms with Crippen LogP contribution in [0.4, 0.5) is 5.69 Å². The molecule has 1 fully saturated rings. The number of anilines is 1. The van der Waals surface area contributed by atoms with Gasteiger partial charge >= 0.3 is 0 Å². The lowest BCUT2D eigenvalue weighted by Gasteiger charge is -2.46. The van der Waals surface area contributed by atoms with Crippen LogP contribution in [0.2, 0.25) is 0 Å².